The van der Waals surface area contributed by atoms with Crippen LogP contribution < -0.4 is 10.6 Å². The molecular weight excluding hydrogens is 403 g/mol. The van der Waals surface area contributed by atoms with E-state index < -0.39 is 18.5 Å². The zero-order valence-corrected chi connectivity index (χ0v) is 16.9. The van der Waals surface area contributed by atoms with Crippen LogP contribution in [0.5, 0.6) is 0 Å². The highest BCUT2D eigenvalue weighted by molar-refractivity contribution is 6.39. The van der Waals surface area contributed by atoms with Crippen LogP contribution in [0.4, 0.5) is 5.69 Å². The van der Waals surface area contributed by atoms with E-state index in [2.05, 4.69) is 10.6 Å². The fourth-order valence-electron chi connectivity index (χ4n) is 2.26. The zero-order chi connectivity index (χ0) is 20.7. The number of carbonyl (C=O) groups excluding carboxylic acids is 3. The molecule has 0 aliphatic heterocycles. The molecule has 148 valence electrons. The Bertz CT molecular complexity index is 864. The van der Waals surface area contributed by atoms with Crippen LogP contribution in [-0.2, 0) is 9.53 Å². The lowest BCUT2D eigenvalue weighted by atomic mass is 10.1. The van der Waals surface area contributed by atoms with Gasteiger partial charge in [-0.2, -0.15) is 0 Å². The quantitative estimate of drug-likeness (QED) is 0.655. The van der Waals surface area contributed by atoms with Gasteiger partial charge in [-0.25, -0.2) is 4.79 Å². The summed E-state index contributed by atoms with van der Waals surface area (Å²) in [6.07, 6.45) is 0. The van der Waals surface area contributed by atoms with Crippen LogP contribution in [0.1, 0.15) is 34.6 Å². The Morgan fingerprint density at radius 1 is 1.00 bits per heavy atom. The number of hydrogen-bond acceptors (Lipinski definition) is 4. The molecule has 0 heterocycles. The highest BCUT2D eigenvalue weighted by Gasteiger charge is 2.18. The summed E-state index contributed by atoms with van der Waals surface area (Å²) in [7, 11) is 0. The second kappa shape index (κ2) is 10.1. The third kappa shape index (κ3) is 5.97. The van der Waals surface area contributed by atoms with E-state index in [4.69, 9.17) is 27.9 Å². The van der Waals surface area contributed by atoms with Crippen molar-refractivity contribution >= 4 is 46.7 Å². The lowest BCUT2D eigenvalue weighted by Crippen LogP contribution is -2.29. The van der Waals surface area contributed by atoms with E-state index in [0.29, 0.717) is 23.7 Å². The molecule has 0 aliphatic carbocycles. The molecule has 0 bridgehead atoms. The number of halogens is 2. The van der Waals surface area contributed by atoms with E-state index in [1.54, 1.807) is 30.3 Å². The van der Waals surface area contributed by atoms with Crippen molar-refractivity contribution in [3.05, 3.63) is 63.6 Å². The molecule has 2 N–H and O–H groups in total. The number of anilines is 1. The number of amides is 2. The number of rotatable bonds is 7. The summed E-state index contributed by atoms with van der Waals surface area (Å²) in [6.45, 7) is 3.92. The maximum absolute atomic E-state index is 12.3. The molecule has 0 saturated heterocycles. The van der Waals surface area contributed by atoms with Crippen molar-refractivity contribution in [2.75, 3.05) is 18.5 Å². The molecule has 0 fully saturated rings. The van der Waals surface area contributed by atoms with Gasteiger partial charge in [0, 0.05) is 6.54 Å². The standard InChI is InChI=1S/C20H20Cl2N2O4/c1-12(2)10-23-19(26)13-6-3-4-9-16(13)24-17(25)11-28-20(27)18-14(21)7-5-8-15(18)22/h3-9,12H,10-11H2,1-2H3,(H,23,26)(H,24,25). The normalized spacial score (nSPS) is 10.5. The minimum Gasteiger partial charge on any atom is -0.452 e. The minimum absolute atomic E-state index is 0.00732. The maximum Gasteiger partial charge on any atom is 0.341 e. The molecule has 0 saturated carbocycles. The summed E-state index contributed by atoms with van der Waals surface area (Å²) in [4.78, 5) is 36.6. The minimum atomic E-state index is -0.811. The lowest BCUT2D eigenvalue weighted by molar-refractivity contribution is -0.119. The second-order valence-electron chi connectivity index (χ2n) is 6.37. The summed E-state index contributed by atoms with van der Waals surface area (Å²) in [5, 5.41) is 5.62. The summed E-state index contributed by atoms with van der Waals surface area (Å²) >= 11 is 11.9. The monoisotopic (exact) mass is 422 g/mol. The van der Waals surface area contributed by atoms with Crippen LogP contribution in [0.15, 0.2) is 42.5 Å². The number of benzene rings is 2. The van der Waals surface area contributed by atoms with Gasteiger partial charge in [-0.1, -0.05) is 55.2 Å². The first-order valence-electron chi connectivity index (χ1n) is 8.57. The van der Waals surface area contributed by atoms with Gasteiger partial charge in [0.1, 0.15) is 0 Å². The molecule has 2 amide bonds. The first-order valence-corrected chi connectivity index (χ1v) is 9.33. The average Bonchev–Trinajstić information content (AvgIpc) is 2.64. The van der Waals surface area contributed by atoms with E-state index >= 15 is 0 Å². The Morgan fingerprint density at radius 3 is 2.29 bits per heavy atom. The van der Waals surface area contributed by atoms with Gasteiger partial charge >= 0.3 is 5.97 Å². The molecule has 8 heteroatoms. The van der Waals surface area contributed by atoms with Crippen LogP contribution in [0.3, 0.4) is 0 Å². The summed E-state index contributed by atoms with van der Waals surface area (Å²) in [5.41, 5.74) is 0.629. The van der Waals surface area contributed by atoms with Gasteiger partial charge in [-0.15, -0.1) is 0 Å². The summed E-state index contributed by atoms with van der Waals surface area (Å²) < 4.78 is 4.98. The van der Waals surface area contributed by atoms with Crippen LogP contribution in [0, 0.1) is 5.92 Å². The van der Waals surface area contributed by atoms with Gasteiger partial charge in [0.15, 0.2) is 6.61 Å². The molecule has 6 nitrogen and oxygen atoms in total. The van der Waals surface area contributed by atoms with Crippen LogP contribution in [0.25, 0.3) is 0 Å². The molecule has 0 radical (unpaired) electrons. The van der Waals surface area contributed by atoms with Gasteiger partial charge in [0.05, 0.1) is 26.9 Å². The lowest BCUT2D eigenvalue weighted by Gasteiger charge is -2.13. The van der Waals surface area contributed by atoms with E-state index in [-0.39, 0.29) is 21.5 Å². The smallest absolute Gasteiger partial charge is 0.341 e. The fourth-order valence-corrected chi connectivity index (χ4v) is 2.82. The SMILES string of the molecule is CC(C)CNC(=O)c1ccccc1NC(=O)COC(=O)c1c(Cl)cccc1Cl. The Balaban J connectivity index is 2.00. The molecule has 2 aromatic rings. The van der Waals surface area contributed by atoms with Crippen molar-refractivity contribution < 1.29 is 19.1 Å². The van der Waals surface area contributed by atoms with E-state index in [1.807, 2.05) is 13.8 Å². The predicted octanol–water partition coefficient (Wildman–Crippen LogP) is 4.17. The second-order valence-corrected chi connectivity index (χ2v) is 7.18. The molecule has 2 aromatic carbocycles. The number of ether oxygens (including phenoxy) is 1. The van der Waals surface area contributed by atoms with Gasteiger partial charge in [0.25, 0.3) is 11.8 Å². The molecular formula is C20H20Cl2N2O4. The Morgan fingerprint density at radius 2 is 1.64 bits per heavy atom. The van der Waals surface area contributed by atoms with Crippen LogP contribution in [-0.4, -0.2) is 30.9 Å². The molecule has 2 rings (SSSR count). The average molecular weight is 423 g/mol. The van der Waals surface area contributed by atoms with E-state index in [1.165, 1.54) is 12.1 Å². The first-order chi connectivity index (χ1) is 13.3. The van der Waals surface area contributed by atoms with Gasteiger partial charge in [-0.3, -0.25) is 9.59 Å². The topological polar surface area (TPSA) is 84.5 Å². The summed E-state index contributed by atoms with van der Waals surface area (Å²) in [5.74, 6) is -1.42. The highest BCUT2D eigenvalue weighted by atomic mass is 35.5. The van der Waals surface area contributed by atoms with Crippen molar-refractivity contribution in [1.82, 2.24) is 5.32 Å². The number of hydrogen-bond donors (Lipinski definition) is 2. The fraction of sp³-hybridized carbons (Fsp3) is 0.250. The first kappa shape index (κ1) is 21.7. The largest absolute Gasteiger partial charge is 0.452 e. The van der Waals surface area contributed by atoms with Crippen LogP contribution in [0.2, 0.25) is 10.0 Å². The van der Waals surface area contributed by atoms with E-state index in [0.717, 1.165) is 0 Å². The van der Waals surface area contributed by atoms with Gasteiger partial charge in [0.2, 0.25) is 0 Å². The van der Waals surface area contributed by atoms with Crippen molar-refractivity contribution in [3.8, 4) is 0 Å². The molecule has 0 aromatic heterocycles. The molecule has 0 atom stereocenters. The van der Waals surface area contributed by atoms with Crippen molar-refractivity contribution in [1.29, 1.82) is 0 Å². The number of para-hydroxylation sites is 1. The van der Waals surface area contributed by atoms with Crippen molar-refractivity contribution in [2.24, 2.45) is 5.92 Å². The zero-order valence-electron chi connectivity index (χ0n) is 15.4. The molecule has 0 spiro atoms. The third-order valence-corrected chi connectivity index (χ3v) is 4.25. The number of nitrogens with one attached hydrogen (secondary N) is 2. The number of esters is 1. The number of carbonyl (C=O) groups is 3. The van der Waals surface area contributed by atoms with Gasteiger partial charge in [-0.05, 0) is 30.2 Å². The Kier molecular flexibility index (Phi) is 7.84. The molecule has 0 aliphatic rings. The van der Waals surface area contributed by atoms with Crippen molar-refractivity contribution in [2.45, 2.75) is 13.8 Å². The van der Waals surface area contributed by atoms with E-state index in [9.17, 15) is 14.4 Å². The van der Waals surface area contributed by atoms with Crippen LogP contribution >= 0.6 is 23.2 Å². The van der Waals surface area contributed by atoms with Gasteiger partial charge < -0.3 is 15.4 Å². The summed E-state index contributed by atoms with van der Waals surface area (Å²) in [6, 6.07) is 11.2. The molecule has 28 heavy (non-hydrogen) atoms. The maximum atomic E-state index is 12.3. The Hall–Kier alpha value is -2.57. The van der Waals surface area contributed by atoms with Crippen molar-refractivity contribution in [3.63, 3.8) is 0 Å². The highest BCUT2D eigenvalue weighted by Crippen LogP contribution is 2.25. The molecule has 0 unspecified atom stereocenters. The predicted molar refractivity (Wildman–Crippen MR) is 109 cm³/mol. The third-order valence-electron chi connectivity index (χ3n) is 3.62. The Labute approximate surface area is 173 Å².